The predicted octanol–water partition coefficient (Wildman–Crippen LogP) is 2.17. The second kappa shape index (κ2) is 8.47. The first-order valence-corrected chi connectivity index (χ1v) is 8.92. The van der Waals surface area contributed by atoms with E-state index in [-0.39, 0.29) is 11.8 Å². The summed E-state index contributed by atoms with van der Waals surface area (Å²) in [5.41, 5.74) is 0.827. The number of para-hydroxylation sites is 1. The maximum absolute atomic E-state index is 12.6. The molecule has 0 radical (unpaired) electrons. The number of pyridine rings is 1. The summed E-state index contributed by atoms with van der Waals surface area (Å²) in [6.07, 6.45) is 2.12. The van der Waals surface area contributed by atoms with Crippen LogP contribution >= 0.6 is 0 Å². The van der Waals surface area contributed by atoms with Gasteiger partial charge in [0.1, 0.15) is 5.82 Å². The zero-order valence-electron chi connectivity index (χ0n) is 15.0. The van der Waals surface area contributed by atoms with E-state index in [9.17, 15) is 9.59 Å². The summed E-state index contributed by atoms with van der Waals surface area (Å²) in [4.78, 5) is 34.6. The minimum absolute atomic E-state index is 0.0519. The molecule has 6 heteroatoms. The largest absolute Gasteiger partial charge is 0.353 e. The average Bonchev–Trinajstić information content (AvgIpc) is 2.69. The molecule has 0 atom stereocenters. The molecule has 1 saturated heterocycles. The van der Waals surface area contributed by atoms with Gasteiger partial charge in [0.25, 0.3) is 0 Å². The van der Waals surface area contributed by atoms with Crippen molar-refractivity contribution in [2.75, 3.05) is 42.5 Å². The smallest absolute Gasteiger partial charge is 0.224 e. The normalized spacial score (nSPS) is 14.2. The van der Waals surface area contributed by atoms with Gasteiger partial charge in [-0.25, -0.2) is 4.98 Å². The lowest BCUT2D eigenvalue weighted by Crippen LogP contribution is -2.49. The number of anilines is 2. The van der Waals surface area contributed by atoms with Crippen LogP contribution in [0.25, 0.3) is 0 Å². The first-order valence-electron chi connectivity index (χ1n) is 8.92. The molecule has 0 bridgehead atoms. The van der Waals surface area contributed by atoms with Gasteiger partial charge < -0.3 is 14.7 Å². The number of carbonyl (C=O) groups excluding carboxylic acids is 2. The first kappa shape index (κ1) is 17.9. The van der Waals surface area contributed by atoms with Crippen LogP contribution in [0.2, 0.25) is 0 Å². The van der Waals surface area contributed by atoms with Crippen LogP contribution in [0.3, 0.4) is 0 Å². The molecule has 26 heavy (non-hydrogen) atoms. The van der Waals surface area contributed by atoms with Crippen molar-refractivity contribution in [1.82, 2.24) is 9.88 Å². The van der Waals surface area contributed by atoms with Gasteiger partial charge in [-0.05, 0) is 24.3 Å². The van der Waals surface area contributed by atoms with Gasteiger partial charge in [0.2, 0.25) is 11.8 Å². The number of hydrogen-bond donors (Lipinski definition) is 0. The Bertz CT molecular complexity index is 728. The molecular weight excluding hydrogens is 328 g/mol. The fourth-order valence-corrected chi connectivity index (χ4v) is 3.17. The quantitative estimate of drug-likeness (QED) is 0.828. The van der Waals surface area contributed by atoms with E-state index >= 15 is 0 Å². The van der Waals surface area contributed by atoms with Crippen LogP contribution < -0.4 is 9.80 Å². The van der Waals surface area contributed by atoms with E-state index in [1.165, 1.54) is 6.92 Å². The molecule has 1 aliphatic rings. The summed E-state index contributed by atoms with van der Waals surface area (Å²) >= 11 is 0. The number of nitrogens with zero attached hydrogens (tertiary/aromatic N) is 4. The van der Waals surface area contributed by atoms with Crippen LogP contribution in [0.15, 0.2) is 54.7 Å². The van der Waals surface area contributed by atoms with Gasteiger partial charge in [0.15, 0.2) is 0 Å². The maximum atomic E-state index is 12.6. The van der Waals surface area contributed by atoms with Gasteiger partial charge in [-0.1, -0.05) is 24.3 Å². The number of piperazine rings is 1. The molecule has 0 aliphatic carbocycles. The van der Waals surface area contributed by atoms with Crippen molar-refractivity contribution < 1.29 is 9.59 Å². The number of rotatable bonds is 5. The first-order chi connectivity index (χ1) is 12.6. The molecule has 6 nitrogen and oxygen atoms in total. The highest BCUT2D eigenvalue weighted by Crippen LogP contribution is 2.16. The van der Waals surface area contributed by atoms with Crippen molar-refractivity contribution in [3.8, 4) is 0 Å². The maximum Gasteiger partial charge on any atom is 0.224 e. The molecule has 1 aromatic carbocycles. The fourth-order valence-electron chi connectivity index (χ4n) is 3.17. The summed E-state index contributed by atoms with van der Waals surface area (Å²) in [6, 6.07) is 15.3. The van der Waals surface area contributed by atoms with E-state index in [1.54, 1.807) is 11.1 Å². The lowest BCUT2D eigenvalue weighted by atomic mass is 10.2. The van der Waals surface area contributed by atoms with Crippen LogP contribution in [-0.4, -0.2) is 54.4 Å². The van der Waals surface area contributed by atoms with Crippen LogP contribution in [0.5, 0.6) is 0 Å². The summed E-state index contributed by atoms with van der Waals surface area (Å²) in [6.45, 7) is 4.85. The zero-order chi connectivity index (χ0) is 18.4. The Morgan fingerprint density at radius 1 is 1.00 bits per heavy atom. The Balaban J connectivity index is 1.52. The fraction of sp³-hybridized carbons (Fsp3) is 0.350. The molecule has 0 spiro atoms. The van der Waals surface area contributed by atoms with Crippen molar-refractivity contribution in [2.24, 2.45) is 0 Å². The third kappa shape index (κ3) is 4.39. The molecule has 2 aromatic rings. The van der Waals surface area contributed by atoms with Crippen molar-refractivity contribution in [3.63, 3.8) is 0 Å². The minimum atomic E-state index is -0.0519. The second-order valence-corrected chi connectivity index (χ2v) is 6.31. The van der Waals surface area contributed by atoms with Gasteiger partial charge >= 0.3 is 0 Å². The van der Waals surface area contributed by atoms with Gasteiger partial charge in [-0.2, -0.15) is 0 Å². The topological polar surface area (TPSA) is 56.8 Å². The lowest BCUT2D eigenvalue weighted by Gasteiger charge is -2.35. The molecule has 0 N–H and O–H groups in total. The Labute approximate surface area is 154 Å². The molecule has 3 rings (SSSR count). The molecule has 0 saturated carbocycles. The molecule has 2 heterocycles. The number of benzene rings is 1. The van der Waals surface area contributed by atoms with Gasteiger partial charge in [0.05, 0.1) is 0 Å². The van der Waals surface area contributed by atoms with Crippen molar-refractivity contribution >= 4 is 23.3 Å². The van der Waals surface area contributed by atoms with Crippen molar-refractivity contribution in [3.05, 3.63) is 54.7 Å². The van der Waals surface area contributed by atoms with Crippen molar-refractivity contribution in [2.45, 2.75) is 13.3 Å². The molecular formula is C20H24N4O2. The lowest BCUT2D eigenvalue weighted by molar-refractivity contribution is -0.131. The standard InChI is InChI=1S/C20H24N4O2/c1-17(25)24(18-7-3-2-4-8-18)12-10-20(26)23-15-13-22(14-16-23)19-9-5-6-11-21-19/h2-9,11H,10,12-16H2,1H3. The monoisotopic (exact) mass is 352 g/mol. The number of carbonyl (C=O) groups is 2. The third-order valence-electron chi connectivity index (χ3n) is 4.60. The van der Waals surface area contributed by atoms with Crippen LogP contribution in [0.1, 0.15) is 13.3 Å². The zero-order valence-corrected chi connectivity index (χ0v) is 15.0. The second-order valence-electron chi connectivity index (χ2n) is 6.31. The van der Waals surface area contributed by atoms with Gasteiger partial charge in [-0.3, -0.25) is 9.59 Å². The number of hydrogen-bond acceptors (Lipinski definition) is 4. The van der Waals surface area contributed by atoms with E-state index in [4.69, 9.17) is 0 Å². The third-order valence-corrected chi connectivity index (χ3v) is 4.60. The Hall–Kier alpha value is -2.89. The molecule has 1 fully saturated rings. The van der Waals surface area contributed by atoms with E-state index in [0.717, 1.165) is 24.6 Å². The Morgan fingerprint density at radius 3 is 2.31 bits per heavy atom. The van der Waals surface area contributed by atoms with E-state index < -0.39 is 0 Å². The highest BCUT2D eigenvalue weighted by Gasteiger charge is 2.22. The molecule has 2 amide bonds. The van der Waals surface area contributed by atoms with Gasteiger partial charge in [-0.15, -0.1) is 0 Å². The summed E-state index contributed by atoms with van der Waals surface area (Å²) in [7, 11) is 0. The Morgan fingerprint density at radius 2 is 1.69 bits per heavy atom. The summed E-state index contributed by atoms with van der Waals surface area (Å²) < 4.78 is 0. The predicted molar refractivity (Wildman–Crippen MR) is 102 cm³/mol. The van der Waals surface area contributed by atoms with E-state index in [0.29, 0.717) is 26.1 Å². The number of aromatic nitrogens is 1. The molecule has 136 valence electrons. The summed E-state index contributed by atoms with van der Waals surface area (Å²) in [5.74, 6) is 0.989. The number of amides is 2. The Kier molecular flexibility index (Phi) is 5.84. The van der Waals surface area contributed by atoms with Crippen molar-refractivity contribution in [1.29, 1.82) is 0 Å². The average molecular weight is 352 g/mol. The minimum Gasteiger partial charge on any atom is -0.353 e. The highest BCUT2D eigenvalue weighted by molar-refractivity contribution is 5.92. The molecule has 1 aromatic heterocycles. The molecule has 0 unspecified atom stereocenters. The van der Waals surface area contributed by atoms with Crippen LogP contribution in [-0.2, 0) is 9.59 Å². The van der Waals surface area contributed by atoms with E-state index in [1.807, 2.05) is 53.4 Å². The van der Waals surface area contributed by atoms with E-state index in [2.05, 4.69) is 9.88 Å². The summed E-state index contributed by atoms with van der Waals surface area (Å²) in [5, 5.41) is 0. The van der Waals surface area contributed by atoms with Crippen LogP contribution in [0, 0.1) is 0 Å². The highest BCUT2D eigenvalue weighted by atomic mass is 16.2. The van der Waals surface area contributed by atoms with Crippen LogP contribution in [0.4, 0.5) is 11.5 Å². The SMILES string of the molecule is CC(=O)N(CCC(=O)N1CCN(c2ccccn2)CC1)c1ccccc1. The van der Waals surface area contributed by atoms with Gasteiger partial charge in [0, 0.05) is 58.0 Å². The molecule has 1 aliphatic heterocycles.